The predicted molar refractivity (Wildman–Crippen MR) is 66.1 cm³/mol. The van der Waals surface area contributed by atoms with E-state index in [-0.39, 0.29) is 5.89 Å². The number of hydrogen-bond donors (Lipinski definition) is 2. The van der Waals surface area contributed by atoms with Crippen LogP contribution in [0.1, 0.15) is 18.4 Å². The van der Waals surface area contributed by atoms with Gasteiger partial charge in [-0.3, -0.25) is 0 Å². The zero-order chi connectivity index (χ0) is 12.3. The Labute approximate surface area is 107 Å². The molecule has 0 saturated heterocycles. The van der Waals surface area contributed by atoms with Crippen LogP contribution < -0.4 is 5.73 Å². The minimum Gasteiger partial charge on any atom is -0.383 e. The van der Waals surface area contributed by atoms with Crippen LogP contribution in [-0.2, 0) is 0 Å². The summed E-state index contributed by atoms with van der Waals surface area (Å²) in [6, 6.07) is 7.52. The highest BCUT2D eigenvalue weighted by atomic mass is 79.9. The summed E-state index contributed by atoms with van der Waals surface area (Å²) in [7, 11) is 0. The van der Waals surface area contributed by atoms with Gasteiger partial charge in [0.1, 0.15) is 6.10 Å². The van der Waals surface area contributed by atoms with Crippen molar-refractivity contribution in [2.45, 2.75) is 12.5 Å². The fraction of sp³-hybridized carbons (Fsp3) is 0.273. The van der Waals surface area contributed by atoms with Gasteiger partial charge in [0.2, 0.25) is 5.82 Å². The minimum atomic E-state index is -0.795. The van der Waals surface area contributed by atoms with Gasteiger partial charge < -0.3 is 15.4 Å². The Bertz CT molecular complexity index is 484. The second-order valence-electron chi connectivity index (χ2n) is 3.56. The molecule has 2 rings (SSSR count). The molecule has 6 heteroatoms. The van der Waals surface area contributed by atoms with Crippen molar-refractivity contribution < 1.29 is 9.63 Å². The average molecular weight is 298 g/mol. The first-order chi connectivity index (χ1) is 8.20. The number of benzene rings is 1. The van der Waals surface area contributed by atoms with E-state index in [9.17, 15) is 5.11 Å². The molecule has 1 heterocycles. The van der Waals surface area contributed by atoms with Crippen molar-refractivity contribution in [1.82, 2.24) is 10.1 Å². The van der Waals surface area contributed by atoms with Crippen molar-refractivity contribution in [1.29, 1.82) is 0 Å². The van der Waals surface area contributed by atoms with Crippen molar-refractivity contribution in [2.24, 2.45) is 5.73 Å². The van der Waals surface area contributed by atoms with Crippen molar-refractivity contribution in [2.75, 3.05) is 6.54 Å². The third-order valence-electron chi connectivity index (χ3n) is 2.27. The third-order valence-corrected chi connectivity index (χ3v) is 2.80. The molecule has 3 N–H and O–H groups in total. The van der Waals surface area contributed by atoms with E-state index in [0.29, 0.717) is 18.8 Å². The second-order valence-corrected chi connectivity index (χ2v) is 4.47. The van der Waals surface area contributed by atoms with E-state index in [0.717, 1.165) is 10.0 Å². The lowest BCUT2D eigenvalue weighted by Crippen LogP contribution is -2.06. The number of aliphatic hydroxyl groups is 1. The molecule has 1 aromatic carbocycles. The van der Waals surface area contributed by atoms with Crippen LogP contribution in [0.2, 0.25) is 0 Å². The van der Waals surface area contributed by atoms with Crippen molar-refractivity contribution >= 4 is 15.9 Å². The quantitative estimate of drug-likeness (QED) is 0.900. The highest BCUT2D eigenvalue weighted by Gasteiger charge is 2.15. The highest BCUT2D eigenvalue weighted by molar-refractivity contribution is 9.10. The summed E-state index contributed by atoms with van der Waals surface area (Å²) < 4.78 is 5.96. The SMILES string of the molecule is NCC[C@H](O)c1nc(-c2ccc(Br)cc2)no1. The van der Waals surface area contributed by atoms with Gasteiger partial charge in [-0.15, -0.1) is 0 Å². The zero-order valence-electron chi connectivity index (χ0n) is 9.01. The number of hydrogen-bond acceptors (Lipinski definition) is 5. The van der Waals surface area contributed by atoms with Gasteiger partial charge in [0.15, 0.2) is 0 Å². The van der Waals surface area contributed by atoms with E-state index in [4.69, 9.17) is 10.3 Å². The number of nitrogens with zero attached hydrogens (tertiary/aromatic N) is 2. The lowest BCUT2D eigenvalue weighted by Gasteiger charge is -2.00. The molecule has 0 amide bonds. The fourth-order valence-corrected chi connectivity index (χ4v) is 1.63. The van der Waals surface area contributed by atoms with E-state index in [1.165, 1.54) is 0 Å². The molecule has 5 nitrogen and oxygen atoms in total. The van der Waals surface area contributed by atoms with Gasteiger partial charge in [-0.1, -0.05) is 21.1 Å². The Morgan fingerprint density at radius 1 is 1.35 bits per heavy atom. The number of nitrogens with two attached hydrogens (primary N) is 1. The van der Waals surface area contributed by atoms with E-state index in [1.807, 2.05) is 24.3 Å². The molecule has 0 aliphatic heterocycles. The average Bonchev–Trinajstić information content (AvgIpc) is 2.80. The first-order valence-corrected chi connectivity index (χ1v) is 5.97. The van der Waals surface area contributed by atoms with E-state index < -0.39 is 6.10 Å². The molecule has 1 aromatic heterocycles. The minimum absolute atomic E-state index is 0.202. The van der Waals surface area contributed by atoms with Gasteiger partial charge in [0.25, 0.3) is 5.89 Å². The Morgan fingerprint density at radius 2 is 2.06 bits per heavy atom. The van der Waals surface area contributed by atoms with Crippen LogP contribution >= 0.6 is 15.9 Å². The fourth-order valence-electron chi connectivity index (χ4n) is 1.37. The van der Waals surface area contributed by atoms with Gasteiger partial charge in [0.05, 0.1) is 0 Å². The molecule has 1 atom stereocenters. The Kier molecular flexibility index (Phi) is 3.88. The molecule has 0 saturated carbocycles. The Hall–Kier alpha value is -1.24. The number of rotatable bonds is 4. The summed E-state index contributed by atoms with van der Waals surface area (Å²) in [6.07, 6.45) is -0.390. The smallest absolute Gasteiger partial charge is 0.255 e. The van der Waals surface area contributed by atoms with Gasteiger partial charge >= 0.3 is 0 Å². The summed E-state index contributed by atoms with van der Waals surface area (Å²) in [5, 5.41) is 13.5. The molecular weight excluding hydrogens is 286 g/mol. The second kappa shape index (κ2) is 5.39. The maximum absolute atomic E-state index is 9.64. The van der Waals surface area contributed by atoms with Crippen LogP contribution in [0.3, 0.4) is 0 Å². The van der Waals surface area contributed by atoms with Crippen LogP contribution in [0, 0.1) is 0 Å². The normalized spacial score (nSPS) is 12.6. The monoisotopic (exact) mass is 297 g/mol. The molecule has 0 unspecified atom stereocenters. The van der Waals surface area contributed by atoms with Crippen LogP contribution in [0.25, 0.3) is 11.4 Å². The lowest BCUT2D eigenvalue weighted by atomic mass is 10.2. The van der Waals surface area contributed by atoms with Gasteiger partial charge in [0, 0.05) is 10.0 Å². The van der Waals surface area contributed by atoms with Gasteiger partial charge in [-0.25, -0.2) is 0 Å². The zero-order valence-corrected chi connectivity index (χ0v) is 10.6. The van der Waals surface area contributed by atoms with Crippen LogP contribution in [-0.4, -0.2) is 21.8 Å². The molecule has 2 aromatic rings. The van der Waals surface area contributed by atoms with E-state index in [2.05, 4.69) is 26.1 Å². The van der Waals surface area contributed by atoms with Crippen LogP contribution in [0.5, 0.6) is 0 Å². The van der Waals surface area contributed by atoms with Gasteiger partial charge in [-0.2, -0.15) is 4.98 Å². The van der Waals surface area contributed by atoms with Crippen molar-refractivity contribution in [3.63, 3.8) is 0 Å². The largest absolute Gasteiger partial charge is 0.383 e. The topological polar surface area (TPSA) is 85.2 Å². The first-order valence-electron chi connectivity index (χ1n) is 5.18. The van der Waals surface area contributed by atoms with Crippen molar-refractivity contribution in [3.05, 3.63) is 34.6 Å². The summed E-state index contributed by atoms with van der Waals surface area (Å²) in [5.41, 5.74) is 6.18. The predicted octanol–water partition coefficient (Wildman–Crippen LogP) is 1.88. The standard InChI is InChI=1S/C11H12BrN3O2/c12-8-3-1-7(2-4-8)10-14-11(17-15-10)9(16)5-6-13/h1-4,9,16H,5-6,13H2/t9-/m0/s1. The van der Waals surface area contributed by atoms with E-state index >= 15 is 0 Å². The molecule has 17 heavy (non-hydrogen) atoms. The summed E-state index contributed by atoms with van der Waals surface area (Å²) in [5.74, 6) is 0.664. The first kappa shape index (κ1) is 12.2. The molecule has 90 valence electrons. The van der Waals surface area contributed by atoms with Crippen molar-refractivity contribution in [3.8, 4) is 11.4 Å². The van der Waals surface area contributed by atoms with Gasteiger partial charge in [-0.05, 0) is 37.2 Å². The number of halogens is 1. The molecule has 0 aliphatic carbocycles. The molecular formula is C11H12BrN3O2. The maximum Gasteiger partial charge on any atom is 0.255 e. The number of aromatic nitrogens is 2. The molecule has 0 aliphatic rings. The van der Waals surface area contributed by atoms with E-state index in [1.54, 1.807) is 0 Å². The number of aliphatic hydroxyl groups excluding tert-OH is 1. The lowest BCUT2D eigenvalue weighted by molar-refractivity contribution is 0.127. The third kappa shape index (κ3) is 2.91. The summed E-state index contributed by atoms with van der Waals surface area (Å²) >= 11 is 3.35. The molecule has 0 radical (unpaired) electrons. The maximum atomic E-state index is 9.64. The summed E-state index contributed by atoms with van der Waals surface area (Å²) in [6.45, 7) is 0.372. The molecule has 0 fully saturated rings. The molecule has 0 spiro atoms. The highest BCUT2D eigenvalue weighted by Crippen LogP contribution is 2.21. The van der Waals surface area contributed by atoms with Crippen LogP contribution in [0.15, 0.2) is 33.3 Å². The summed E-state index contributed by atoms with van der Waals surface area (Å²) in [4.78, 5) is 4.13. The Balaban J connectivity index is 2.20. The molecule has 0 bridgehead atoms. The Morgan fingerprint density at radius 3 is 2.71 bits per heavy atom. The van der Waals surface area contributed by atoms with Crippen LogP contribution in [0.4, 0.5) is 0 Å².